The molecule has 0 N–H and O–H groups in total. The number of hydrogen-bond donors (Lipinski definition) is 0. The normalized spacial score (nSPS) is 19.1. The van der Waals surface area contributed by atoms with Gasteiger partial charge in [-0.2, -0.15) is 15.6 Å². The second-order valence-electron chi connectivity index (χ2n) is 5.90. The maximum absolute atomic E-state index is 13.0. The first-order valence-corrected chi connectivity index (χ1v) is 10.5. The molecule has 0 saturated carbocycles. The van der Waals surface area contributed by atoms with Crippen molar-refractivity contribution in [3.8, 4) is 11.5 Å². The van der Waals surface area contributed by atoms with Crippen molar-refractivity contribution in [1.29, 1.82) is 0 Å². The van der Waals surface area contributed by atoms with Crippen LogP contribution in [0.1, 0.15) is 31.2 Å². The molecule has 4 rings (SSSR count). The third kappa shape index (κ3) is 3.12. The van der Waals surface area contributed by atoms with Crippen LogP contribution in [0.5, 0.6) is 0 Å². The van der Waals surface area contributed by atoms with Gasteiger partial charge in [-0.05, 0) is 36.4 Å². The molecule has 0 aliphatic carbocycles. The van der Waals surface area contributed by atoms with Crippen LogP contribution in [0.2, 0.25) is 0 Å². The van der Waals surface area contributed by atoms with Gasteiger partial charge in [-0.3, -0.25) is 0 Å². The highest BCUT2D eigenvalue weighted by Crippen LogP contribution is 2.35. The standard InChI is InChI=1S/C17H17N3O3S2/c21-25(22,14-6-2-1-3-7-14)20-10-5-4-8-15(20)17-19-18-16(23-17)13-9-11-24-12-13/h1-3,6-7,9,11-12,15H,4-5,8,10H2/t15-/m0/s1. The Morgan fingerprint density at radius 1 is 1.12 bits per heavy atom. The fraction of sp³-hybridized carbons (Fsp3) is 0.294. The molecule has 1 saturated heterocycles. The van der Waals surface area contributed by atoms with Gasteiger partial charge in [-0.1, -0.05) is 24.6 Å². The lowest BCUT2D eigenvalue weighted by molar-refractivity contribution is 0.220. The number of piperidine rings is 1. The van der Waals surface area contributed by atoms with Crippen molar-refractivity contribution in [1.82, 2.24) is 14.5 Å². The number of rotatable bonds is 4. The topological polar surface area (TPSA) is 76.3 Å². The first-order valence-electron chi connectivity index (χ1n) is 8.09. The molecule has 3 heterocycles. The van der Waals surface area contributed by atoms with Gasteiger partial charge in [0.05, 0.1) is 4.90 Å². The lowest BCUT2D eigenvalue weighted by atomic mass is 10.1. The van der Waals surface area contributed by atoms with E-state index in [1.54, 1.807) is 41.7 Å². The maximum atomic E-state index is 13.0. The minimum atomic E-state index is -3.60. The molecule has 1 aromatic carbocycles. The molecule has 0 amide bonds. The van der Waals surface area contributed by atoms with Gasteiger partial charge >= 0.3 is 0 Å². The Hall–Kier alpha value is -2.03. The zero-order valence-corrected chi connectivity index (χ0v) is 15.0. The van der Waals surface area contributed by atoms with Crippen molar-refractivity contribution < 1.29 is 12.8 Å². The molecular formula is C17H17N3O3S2. The van der Waals surface area contributed by atoms with E-state index in [0.717, 1.165) is 18.4 Å². The van der Waals surface area contributed by atoms with Gasteiger partial charge in [0.15, 0.2) is 0 Å². The monoisotopic (exact) mass is 375 g/mol. The summed E-state index contributed by atoms with van der Waals surface area (Å²) in [6.45, 7) is 0.456. The van der Waals surface area contributed by atoms with E-state index >= 15 is 0 Å². The van der Waals surface area contributed by atoms with Crippen LogP contribution in [0.25, 0.3) is 11.5 Å². The lowest BCUT2D eigenvalue weighted by Crippen LogP contribution is -2.38. The molecule has 2 aromatic heterocycles. The van der Waals surface area contributed by atoms with Crippen molar-refractivity contribution in [3.05, 3.63) is 53.0 Å². The van der Waals surface area contributed by atoms with Crippen LogP contribution in [0.4, 0.5) is 0 Å². The van der Waals surface area contributed by atoms with Crippen LogP contribution in [0.3, 0.4) is 0 Å². The van der Waals surface area contributed by atoms with Crippen LogP contribution in [0, 0.1) is 0 Å². The van der Waals surface area contributed by atoms with E-state index in [2.05, 4.69) is 10.2 Å². The molecule has 3 aromatic rings. The minimum absolute atomic E-state index is 0.291. The van der Waals surface area contributed by atoms with Gasteiger partial charge in [0, 0.05) is 17.5 Å². The number of benzene rings is 1. The quantitative estimate of drug-likeness (QED) is 0.695. The molecule has 1 aliphatic rings. The van der Waals surface area contributed by atoms with Crippen LogP contribution in [-0.2, 0) is 10.0 Å². The van der Waals surface area contributed by atoms with E-state index in [1.807, 2.05) is 16.8 Å². The van der Waals surface area contributed by atoms with Gasteiger partial charge < -0.3 is 4.42 Å². The number of sulfonamides is 1. The number of aromatic nitrogens is 2. The predicted octanol–water partition coefficient (Wildman–Crippen LogP) is 3.71. The first kappa shape index (κ1) is 16.4. The van der Waals surface area contributed by atoms with Crippen molar-refractivity contribution >= 4 is 21.4 Å². The third-order valence-corrected chi connectivity index (χ3v) is 6.90. The fourth-order valence-corrected chi connectivity index (χ4v) is 5.34. The molecule has 130 valence electrons. The first-order chi connectivity index (χ1) is 12.2. The second kappa shape index (κ2) is 6.70. The Morgan fingerprint density at radius 3 is 2.72 bits per heavy atom. The molecular weight excluding hydrogens is 358 g/mol. The minimum Gasteiger partial charge on any atom is -0.419 e. The Balaban J connectivity index is 1.68. The third-order valence-electron chi connectivity index (χ3n) is 4.30. The Bertz CT molecular complexity index is 937. The number of thiophene rings is 1. The molecule has 25 heavy (non-hydrogen) atoms. The van der Waals surface area contributed by atoms with Gasteiger partial charge in [0.1, 0.15) is 6.04 Å². The van der Waals surface area contributed by atoms with E-state index < -0.39 is 16.1 Å². The Morgan fingerprint density at radius 2 is 1.96 bits per heavy atom. The van der Waals surface area contributed by atoms with Crippen molar-refractivity contribution in [2.24, 2.45) is 0 Å². The average Bonchev–Trinajstić information content (AvgIpc) is 3.34. The van der Waals surface area contributed by atoms with E-state index in [4.69, 9.17) is 4.42 Å². The fourth-order valence-electron chi connectivity index (χ4n) is 3.04. The maximum Gasteiger partial charge on any atom is 0.248 e. The van der Waals surface area contributed by atoms with E-state index in [0.29, 0.717) is 29.6 Å². The summed E-state index contributed by atoms with van der Waals surface area (Å²) in [5.41, 5.74) is 0.858. The van der Waals surface area contributed by atoms with Crippen molar-refractivity contribution in [3.63, 3.8) is 0 Å². The van der Waals surface area contributed by atoms with Crippen LogP contribution in [-0.4, -0.2) is 29.5 Å². The molecule has 1 aliphatic heterocycles. The number of nitrogens with zero attached hydrogens (tertiary/aromatic N) is 3. The summed E-state index contributed by atoms with van der Waals surface area (Å²) in [6.07, 6.45) is 2.44. The highest BCUT2D eigenvalue weighted by Gasteiger charge is 2.37. The van der Waals surface area contributed by atoms with Crippen molar-refractivity contribution in [2.75, 3.05) is 6.54 Å². The van der Waals surface area contributed by atoms with Gasteiger partial charge in [-0.15, -0.1) is 10.2 Å². The van der Waals surface area contributed by atoms with Crippen molar-refractivity contribution in [2.45, 2.75) is 30.2 Å². The molecule has 1 fully saturated rings. The predicted molar refractivity (Wildman–Crippen MR) is 94.5 cm³/mol. The highest BCUT2D eigenvalue weighted by atomic mass is 32.2. The molecule has 0 spiro atoms. The average molecular weight is 375 g/mol. The Labute approximate surface area is 150 Å². The smallest absolute Gasteiger partial charge is 0.248 e. The zero-order valence-electron chi connectivity index (χ0n) is 13.4. The van der Waals surface area contributed by atoms with Crippen LogP contribution < -0.4 is 0 Å². The summed E-state index contributed by atoms with van der Waals surface area (Å²) < 4.78 is 33.4. The second-order valence-corrected chi connectivity index (χ2v) is 8.57. The molecule has 8 heteroatoms. The SMILES string of the molecule is O=S(=O)(c1ccccc1)N1CCCC[C@H]1c1nnc(-c2ccsc2)o1. The number of hydrogen-bond acceptors (Lipinski definition) is 6. The molecule has 1 atom stereocenters. The van der Waals surface area contributed by atoms with Crippen LogP contribution >= 0.6 is 11.3 Å². The summed E-state index contributed by atoms with van der Waals surface area (Å²) in [6, 6.07) is 9.98. The zero-order chi connectivity index (χ0) is 17.3. The largest absolute Gasteiger partial charge is 0.419 e. The molecule has 0 bridgehead atoms. The summed E-state index contributed by atoms with van der Waals surface area (Å²) in [5, 5.41) is 12.1. The van der Waals surface area contributed by atoms with Gasteiger partial charge in [-0.25, -0.2) is 8.42 Å². The summed E-state index contributed by atoms with van der Waals surface area (Å²) in [5.74, 6) is 0.791. The van der Waals surface area contributed by atoms with E-state index in [9.17, 15) is 8.42 Å². The Kier molecular flexibility index (Phi) is 4.41. The molecule has 0 unspecified atom stereocenters. The molecule has 0 radical (unpaired) electrons. The lowest BCUT2D eigenvalue weighted by Gasteiger charge is -2.32. The summed E-state index contributed by atoms with van der Waals surface area (Å²) in [7, 11) is -3.60. The molecule has 6 nitrogen and oxygen atoms in total. The van der Waals surface area contributed by atoms with Crippen LogP contribution in [0.15, 0.2) is 56.5 Å². The van der Waals surface area contributed by atoms with Gasteiger partial charge in [0.2, 0.25) is 21.8 Å². The highest BCUT2D eigenvalue weighted by molar-refractivity contribution is 7.89. The van der Waals surface area contributed by atoms with Gasteiger partial charge in [0.25, 0.3) is 0 Å². The van der Waals surface area contributed by atoms with E-state index in [1.165, 1.54) is 4.31 Å². The summed E-state index contributed by atoms with van der Waals surface area (Å²) in [4.78, 5) is 0.291. The van der Waals surface area contributed by atoms with E-state index in [-0.39, 0.29) is 0 Å². The summed E-state index contributed by atoms with van der Waals surface area (Å²) >= 11 is 1.55.